The van der Waals surface area contributed by atoms with Gasteiger partial charge in [-0.05, 0) is 30.2 Å². The van der Waals surface area contributed by atoms with Gasteiger partial charge < -0.3 is 10.0 Å². The van der Waals surface area contributed by atoms with Crippen LogP contribution in [0.5, 0.6) is 5.75 Å². The number of benzene rings is 2. The molecule has 2 atom stereocenters. The molecular weight excluding hydrogens is 505 g/mol. The summed E-state index contributed by atoms with van der Waals surface area (Å²) in [6.45, 7) is 0.0861. The molecule has 1 aromatic heterocycles. The summed E-state index contributed by atoms with van der Waals surface area (Å²) in [6, 6.07) is 5.92. The van der Waals surface area contributed by atoms with E-state index in [-0.39, 0.29) is 21.8 Å². The second kappa shape index (κ2) is 8.54. The van der Waals surface area contributed by atoms with Crippen molar-refractivity contribution < 1.29 is 31.9 Å². The van der Waals surface area contributed by atoms with Gasteiger partial charge in [0.1, 0.15) is 30.4 Å². The van der Waals surface area contributed by atoms with Gasteiger partial charge in [0.2, 0.25) is 5.43 Å². The number of hydrogen-bond acceptors (Lipinski definition) is 5. The molecule has 0 bridgehead atoms. The summed E-state index contributed by atoms with van der Waals surface area (Å²) in [5.74, 6) is -3.33. The maximum Gasteiger partial charge on any atom is 0.408 e. The van der Waals surface area contributed by atoms with Gasteiger partial charge in [-0.3, -0.25) is 19.3 Å². The van der Waals surface area contributed by atoms with Gasteiger partial charge in [0, 0.05) is 28.5 Å². The van der Waals surface area contributed by atoms with E-state index in [9.17, 15) is 32.3 Å². The zero-order valence-electron chi connectivity index (χ0n) is 18.6. The second-order valence-corrected chi connectivity index (χ2v) is 9.44. The number of hydrogen-bond donors (Lipinski definition) is 1. The lowest BCUT2D eigenvalue weighted by Crippen LogP contribution is -2.60. The molecule has 2 aromatic carbocycles. The Morgan fingerprint density at radius 1 is 1.06 bits per heavy atom. The summed E-state index contributed by atoms with van der Waals surface area (Å²) in [4.78, 5) is 25.9. The first-order valence-corrected chi connectivity index (χ1v) is 11.8. The van der Waals surface area contributed by atoms with Gasteiger partial charge in [-0.1, -0.05) is 24.3 Å². The van der Waals surface area contributed by atoms with E-state index in [1.165, 1.54) is 35.3 Å². The molecule has 1 N–H and O–H groups in total. The fourth-order valence-corrected chi connectivity index (χ4v) is 5.66. The molecule has 2 aliphatic rings. The molecule has 2 aliphatic heterocycles. The van der Waals surface area contributed by atoms with Gasteiger partial charge >= 0.3 is 6.18 Å². The van der Waals surface area contributed by atoms with Gasteiger partial charge in [0.25, 0.3) is 5.91 Å². The molecule has 36 heavy (non-hydrogen) atoms. The number of aromatic hydroxyl groups is 1. The SMILES string of the molecule is C[C@@H](N1CN([C@@H]2c3cccc(F)c3SCc3cccc(F)c32)n2ccc(=O)c(O)c2C1=O)C(F)(F)F. The Morgan fingerprint density at radius 2 is 1.75 bits per heavy atom. The third-order valence-corrected chi connectivity index (χ3v) is 7.59. The van der Waals surface area contributed by atoms with Crippen LogP contribution in [0.25, 0.3) is 0 Å². The van der Waals surface area contributed by atoms with E-state index < -0.39 is 59.3 Å². The van der Waals surface area contributed by atoms with Crippen molar-refractivity contribution in [2.45, 2.75) is 35.8 Å². The van der Waals surface area contributed by atoms with Crippen molar-refractivity contribution >= 4 is 17.7 Å². The van der Waals surface area contributed by atoms with Crippen molar-refractivity contribution in [2.75, 3.05) is 11.7 Å². The van der Waals surface area contributed by atoms with Crippen LogP contribution < -0.4 is 10.4 Å². The predicted octanol–water partition coefficient (Wildman–Crippen LogP) is 4.53. The molecule has 0 fully saturated rings. The Bertz CT molecular complexity index is 1440. The average Bonchev–Trinajstić information content (AvgIpc) is 2.99. The molecule has 188 valence electrons. The number of alkyl halides is 3. The highest BCUT2D eigenvalue weighted by Gasteiger charge is 2.48. The minimum atomic E-state index is -4.83. The molecule has 12 heteroatoms. The Morgan fingerprint density at radius 3 is 2.47 bits per heavy atom. The highest BCUT2D eigenvalue weighted by Crippen LogP contribution is 2.45. The molecule has 5 rings (SSSR count). The van der Waals surface area contributed by atoms with Crippen LogP contribution in [0.3, 0.4) is 0 Å². The largest absolute Gasteiger partial charge is 0.502 e. The molecule has 3 aromatic rings. The number of rotatable bonds is 2. The first-order valence-electron chi connectivity index (χ1n) is 10.8. The number of carbonyl (C=O) groups excluding carboxylic acids is 1. The quantitative estimate of drug-likeness (QED) is 0.501. The van der Waals surface area contributed by atoms with Crippen LogP contribution in [-0.2, 0) is 5.75 Å². The van der Waals surface area contributed by atoms with E-state index in [0.29, 0.717) is 10.5 Å². The number of aromatic nitrogens is 1. The van der Waals surface area contributed by atoms with Gasteiger partial charge in [-0.25, -0.2) is 8.78 Å². The number of nitrogens with zero attached hydrogens (tertiary/aromatic N) is 3. The third kappa shape index (κ3) is 3.71. The smallest absolute Gasteiger partial charge is 0.408 e. The van der Waals surface area contributed by atoms with Crippen molar-refractivity contribution in [3.8, 4) is 5.75 Å². The normalized spacial score (nSPS) is 18.3. The fourth-order valence-electron chi connectivity index (χ4n) is 4.56. The van der Waals surface area contributed by atoms with Crippen molar-refractivity contribution in [1.82, 2.24) is 9.58 Å². The van der Waals surface area contributed by atoms with Gasteiger partial charge in [-0.2, -0.15) is 13.2 Å². The lowest BCUT2D eigenvalue weighted by molar-refractivity contribution is -0.173. The predicted molar refractivity (Wildman–Crippen MR) is 121 cm³/mol. The molecule has 0 radical (unpaired) electrons. The Labute approximate surface area is 205 Å². The summed E-state index contributed by atoms with van der Waals surface area (Å²) in [5, 5.41) is 11.7. The lowest BCUT2D eigenvalue weighted by atomic mass is 9.93. The first kappa shape index (κ1) is 24.2. The number of halogens is 5. The van der Waals surface area contributed by atoms with Crippen molar-refractivity contribution in [1.29, 1.82) is 0 Å². The molecule has 0 saturated carbocycles. The monoisotopic (exact) mass is 523 g/mol. The molecule has 6 nitrogen and oxygen atoms in total. The van der Waals surface area contributed by atoms with Crippen LogP contribution in [0, 0.1) is 11.6 Å². The van der Waals surface area contributed by atoms with E-state index in [1.807, 2.05) is 0 Å². The zero-order valence-corrected chi connectivity index (χ0v) is 19.4. The number of pyridine rings is 1. The van der Waals surface area contributed by atoms with Crippen LogP contribution in [0.1, 0.15) is 40.1 Å². The number of thioether (sulfide) groups is 1. The molecule has 0 aliphatic carbocycles. The Balaban J connectivity index is 1.82. The summed E-state index contributed by atoms with van der Waals surface area (Å²) in [6.07, 6.45) is -3.71. The summed E-state index contributed by atoms with van der Waals surface area (Å²) in [7, 11) is 0. The maximum absolute atomic E-state index is 15.4. The molecular formula is C24H18F5N3O3S. The Hall–Kier alpha value is -3.54. The molecule has 3 heterocycles. The fraction of sp³-hybridized carbons (Fsp3) is 0.250. The number of amides is 1. The number of fused-ring (bicyclic) bond motifs is 3. The summed E-state index contributed by atoms with van der Waals surface area (Å²) in [5.41, 5.74) is -0.822. The topological polar surface area (TPSA) is 65.8 Å². The van der Waals surface area contributed by atoms with Crippen LogP contribution in [0.2, 0.25) is 0 Å². The van der Waals surface area contributed by atoms with E-state index in [1.54, 1.807) is 6.07 Å². The van der Waals surface area contributed by atoms with Crippen LogP contribution >= 0.6 is 11.8 Å². The van der Waals surface area contributed by atoms with Crippen molar-refractivity contribution in [3.05, 3.63) is 92.9 Å². The molecule has 0 spiro atoms. The second-order valence-electron chi connectivity index (χ2n) is 8.46. The van der Waals surface area contributed by atoms with Gasteiger partial charge in [0.15, 0.2) is 11.4 Å². The summed E-state index contributed by atoms with van der Waals surface area (Å²) >= 11 is 1.12. The van der Waals surface area contributed by atoms with Crippen LogP contribution in [-0.4, -0.2) is 39.5 Å². The average molecular weight is 523 g/mol. The van der Waals surface area contributed by atoms with Gasteiger partial charge in [0.05, 0.1) is 0 Å². The lowest BCUT2D eigenvalue weighted by Gasteiger charge is -2.46. The minimum absolute atomic E-state index is 0.0902. The zero-order chi connectivity index (χ0) is 25.9. The van der Waals surface area contributed by atoms with Crippen molar-refractivity contribution in [2.24, 2.45) is 0 Å². The minimum Gasteiger partial charge on any atom is -0.502 e. The Kier molecular flexibility index (Phi) is 5.73. The van der Waals surface area contributed by atoms with E-state index in [0.717, 1.165) is 35.6 Å². The molecule has 0 unspecified atom stereocenters. The molecule has 0 saturated heterocycles. The highest BCUT2D eigenvalue weighted by molar-refractivity contribution is 7.98. The number of carbonyl (C=O) groups is 1. The van der Waals surface area contributed by atoms with Gasteiger partial charge in [-0.15, -0.1) is 11.8 Å². The van der Waals surface area contributed by atoms with E-state index in [2.05, 4.69) is 0 Å². The van der Waals surface area contributed by atoms with E-state index >= 15 is 4.39 Å². The maximum atomic E-state index is 15.4. The standard InChI is InChI=1S/C24H18F5N3O3S/c1-12(24(27,28)29)30-11-32(31-9-8-17(33)21(34)20(31)23(30)35)19-14-5-3-7-16(26)22(14)36-10-13-4-2-6-15(25)18(13)19/h2-9,12,19,34H,10-11H2,1H3/t12-,19-/m1/s1. The first-order chi connectivity index (χ1) is 17.0. The van der Waals surface area contributed by atoms with Crippen LogP contribution in [0.4, 0.5) is 22.0 Å². The summed E-state index contributed by atoms with van der Waals surface area (Å²) < 4.78 is 72.6. The molecule has 1 amide bonds. The highest BCUT2D eigenvalue weighted by atomic mass is 32.2. The van der Waals surface area contributed by atoms with Crippen LogP contribution in [0.15, 0.2) is 58.4 Å². The third-order valence-electron chi connectivity index (χ3n) is 6.41. The van der Waals surface area contributed by atoms with Crippen molar-refractivity contribution in [3.63, 3.8) is 0 Å². The van der Waals surface area contributed by atoms with E-state index in [4.69, 9.17) is 0 Å².